The molecule has 0 aliphatic carbocycles. The maximum atomic E-state index is 10.2. The van der Waals surface area contributed by atoms with Crippen molar-refractivity contribution in [3.63, 3.8) is 0 Å². The van der Waals surface area contributed by atoms with Gasteiger partial charge in [-0.2, -0.15) is 0 Å². The minimum Gasteiger partial charge on any atom is -0.550 e. The summed E-state index contributed by atoms with van der Waals surface area (Å²) in [7, 11) is 0. The van der Waals surface area contributed by atoms with Gasteiger partial charge in [-0.25, -0.2) is 0 Å². The van der Waals surface area contributed by atoms with Crippen LogP contribution in [-0.4, -0.2) is 17.9 Å². The molecule has 0 saturated heterocycles. The molecule has 8 heteroatoms. The maximum absolute atomic E-state index is 10.2. The summed E-state index contributed by atoms with van der Waals surface area (Å²) in [6.45, 7) is 6.77. The molecule has 6 nitrogen and oxygen atoms in total. The van der Waals surface area contributed by atoms with Crippen molar-refractivity contribution in [2.45, 2.75) is 290 Å². The van der Waals surface area contributed by atoms with Crippen LogP contribution < -0.4 is 44.9 Å². The first-order valence-electron chi connectivity index (χ1n) is 24.6. The molecule has 0 aromatic rings. The molecule has 0 aliphatic rings. The molecule has 0 atom stereocenters. The number of hydrogen-bond acceptors (Lipinski definition) is 6. The molecule has 0 aliphatic heterocycles. The largest absolute Gasteiger partial charge is 2.00 e. The number of allylic oxidation sites excluding steroid dienone is 2. The van der Waals surface area contributed by atoms with Crippen LogP contribution in [0.5, 0.6) is 0 Å². The Labute approximate surface area is 394 Å². The quantitative estimate of drug-likeness (QED) is 0.0342. The van der Waals surface area contributed by atoms with E-state index in [-0.39, 0.29) is 65.6 Å². The van der Waals surface area contributed by atoms with Crippen molar-refractivity contribution in [2.75, 3.05) is 0 Å². The Balaban J connectivity index is -0.000000240. The van der Waals surface area contributed by atoms with E-state index in [1.54, 1.807) is 0 Å². The first-order chi connectivity index (χ1) is 27.3. The van der Waals surface area contributed by atoms with Gasteiger partial charge in [0, 0.05) is 17.9 Å². The zero-order valence-electron chi connectivity index (χ0n) is 39.1. The molecule has 58 heavy (non-hydrogen) atoms. The SMILES string of the molecule is CCCCCCCC/C=C\CCCCCCCC(=O)[O-].CCCCCCCCCCCCCC(=O)[O-].CCCCCCCCCCCCCCCCCC(=O)[O-].[Co+2].[Na+]. The van der Waals surface area contributed by atoms with Gasteiger partial charge in [-0.1, -0.05) is 238 Å². The summed E-state index contributed by atoms with van der Waals surface area (Å²) in [5, 5.41) is 30.6. The van der Waals surface area contributed by atoms with Gasteiger partial charge in [0.1, 0.15) is 0 Å². The van der Waals surface area contributed by atoms with Gasteiger partial charge in [-0.3, -0.25) is 0 Å². The van der Waals surface area contributed by atoms with Crippen molar-refractivity contribution in [1.29, 1.82) is 0 Å². The monoisotopic (exact) mass is 874 g/mol. The Hall–Kier alpha value is -0.344. The first-order valence-corrected chi connectivity index (χ1v) is 24.6. The summed E-state index contributed by atoms with van der Waals surface area (Å²) < 4.78 is 0. The van der Waals surface area contributed by atoms with E-state index in [9.17, 15) is 29.7 Å². The van der Waals surface area contributed by atoms with Gasteiger partial charge in [0.2, 0.25) is 0 Å². The molecule has 0 saturated carbocycles. The second-order valence-electron chi connectivity index (χ2n) is 16.4. The van der Waals surface area contributed by atoms with E-state index < -0.39 is 17.9 Å². The first kappa shape index (κ1) is 66.7. The third-order valence-electron chi connectivity index (χ3n) is 10.6. The number of rotatable bonds is 43. The van der Waals surface area contributed by atoms with Gasteiger partial charge in [-0.15, -0.1) is 0 Å². The number of carbonyl (C=O) groups is 3. The maximum Gasteiger partial charge on any atom is 2.00 e. The topological polar surface area (TPSA) is 120 Å². The van der Waals surface area contributed by atoms with E-state index in [1.807, 2.05) is 0 Å². The Bertz CT molecular complexity index is 809. The van der Waals surface area contributed by atoms with E-state index in [0.29, 0.717) is 0 Å². The molecule has 0 heterocycles. The Morgan fingerprint density at radius 2 is 0.448 bits per heavy atom. The van der Waals surface area contributed by atoms with Crippen molar-refractivity contribution < 1.29 is 76.0 Å². The van der Waals surface area contributed by atoms with Crippen LogP contribution in [0.3, 0.4) is 0 Å². The Morgan fingerprint density at radius 3 is 0.621 bits per heavy atom. The Morgan fingerprint density at radius 1 is 0.293 bits per heavy atom. The molecule has 0 N–H and O–H groups in total. The number of aliphatic carboxylic acids is 3. The van der Waals surface area contributed by atoms with Crippen LogP contribution in [0.1, 0.15) is 290 Å². The molecule has 1 radical (unpaired) electrons. The van der Waals surface area contributed by atoms with Crippen molar-refractivity contribution in [2.24, 2.45) is 0 Å². The van der Waals surface area contributed by atoms with E-state index in [1.165, 1.54) is 205 Å². The molecule has 0 unspecified atom stereocenters. The standard InChI is InChI=1S/C18H36O2.C18H34O2.C14H28O2.Co.Na/c2*1-2-3-4-5-6-7-8-9-10-11-12-13-14-15-16-17-18(19)20;1-2-3-4-5-6-7-8-9-10-11-12-13-14(15)16;;/h2-17H2,1H3,(H,19,20);9-10H,2-8,11-17H2,1H3,(H,19,20);2-13H2,1H3,(H,15,16);;/q;;;+2;+1/p-3/b;10-9-;;;. The predicted octanol–water partition coefficient (Wildman–Crippen LogP) is 10.2. The number of carboxylic acid groups (broad SMARTS) is 3. The van der Waals surface area contributed by atoms with Crippen LogP contribution in [0, 0.1) is 0 Å². The van der Waals surface area contributed by atoms with Crippen LogP contribution >= 0.6 is 0 Å². The van der Waals surface area contributed by atoms with Gasteiger partial charge in [-0.05, 0) is 64.2 Å². The van der Waals surface area contributed by atoms with E-state index in [2.05, 4.69) is 32.9 Å². The summed E-state index contributed by atoms with van der Waals surface area (Å²) >= 11 is 0. The predicted molar refractivity (Wildman–Crippen MR) is 235 cm³/mol. The van der Waals surface area contributed by atoms with Gasteiger partial charge in [0.25, 0.3) is 0 Å². The third kappa shape index (κ3) is 76.4. The van der Waals surface area contributed by atoms with Crippen molar-refractivity contribution >= 4 is 17.9 Å². The zero-order chi connectivity index (χ0) is 41.8. The number of hydrogen-bond donors (Lipinski definition) is 0. The van der Waals surface area contributed by atoms with Crippen molar-refractivity contribution in [3.8, 4) is 0 Å². The van der Waals surface area contributed by atoms with Gasteiger partial charge in [0.05, 0.1) is 0 Å². The van der Waals surface area contributed by atoms with Crippen LogP contribution in [0.4, 0.5) is 0 Å². The molecule has 0 bridgehead atoms. The molecular weight excluding hydrogens is 778 g/mol. The summed E-state index contributed by atoms with van der Waals surface area (Å²) in [6, 6.07) is 0. The average molecular weight is 874 g/mol. The fraction of sp³-hybridized carbons (Fsp3) is 0.900. The minimum atomic E-state index is -0.914. The molecule has 0 fully saturated rings. The second-order valence-corrected chi connectivity index (χ2v) is 16.4. The molecule has 0 rings (SSSR count). The minimum absolute atomic E-state index is 0. The van der Waals surface area contributed by atoms with E-state index in [4.69, 9.17) is 0 Å². The third-order valence-corrected chi connectivity index (χ3v) is 10.6. The molecule has 0 amide bonds. The average Bonchev–Trinajstić information content (AvgIpc) is 3.17. The molecule has 341 valence electrons. The molecule has 0 aromatic heterocycles. The molecular formula is C50H95CoNaO6. The van der Waals surface area contributed by atoms with Crippen LogP contribution in [0.25, 0.3) is 0 Å². The van der Waals surface area contributed by atoms with Crippen LogP contribution in [-0.2, 0) is 31.2 Å². The smallest absolute Gasteiger partial charge is 0.550 e. The van der Waals surface area contributed by atoms with Gasteiger partial charge < -0.3 is 29.7 Å². The number of unbranched alkanes of at least 4 members (excludes halogenated alkanes) is 35. The summed E-state index contributed by atoms with van der Waals surface area (Å²) in [5.41, 5.74) is 0. The fourth-order valence-electron chi connectivity index (χ4n) is 6.91. The second kappa shape index (κ2) is 63.3. The summed E-state index contributed by atoms with van der Waals surface area (Å²) in [4.78, 5) is 30.6. The fourth-order valence-corrected chi connectivity index (χ4v) is 6.91. The number of carbonyl (C=O) groups excluding carboxylic acids is 3. The summed E-state index contributed by atoms with van der Waals surface area (Å²) in [5.74, 6) is -2.72. The van der Waals surface area contributed by atoms with Gasteiger partial charge in [0.15, 0.2) is 0 Å². The zero-order valence-corrected chi connectivity index (χ0v) is 42.2. The molecule has 0 aromatic carbocycles. The van der Waals surface area contributed by atoms with Crippen molar-refractivity contribution in [3.05, 3.63) is 12.2 Å². The summed E-state index contributed by atoms with van der Waals surface area (Å²) in [6.07, 6.45) is 54.8. The molecule has 0 spiro atoms. The van der Waals surface area contributed by atoms with Crippen molar-refractivity contribution in [1.82, 2.24) is 0 Å². The van der Waals surface area contributed by atoms with E-state index in [0.717, 1.165) is 44.9 Å². The number of carboxylic acids is 3. The normalized spacial score (nSPS) is 10.5. The van der Waals surface area contributed by atoms with Crippen LogP contribution in [0.15, 0.2) is 12.2 Å². The van der Waals surface area contributed by atoms with Gasteiger partial charge >= 0.3 is 46.3 Å². The van der Waals surface area contributed by atoms with E-state index >= 15 is 0 Å². The Kier molecular flexibility index (Phi) is 72.8. The van der Waals surface area contributed by atoms with Crippen LogP contribution in [0.2, 0.25) is 0 Å².